The number of fused-ring (bicyclic) bond motifs is 1. The minimum absolute atomic E-state index is 0.582. The third kappa shape index (κ3) is 3.46. The van der Waals surface area contributed by atoms with Gasteiger partial charge in [0.15, 0.2) is 5.82 Å². The van der Waals surface area contributed by atoms with Crippen molar-refractivity contribution >= 4 is 23.0 Å². The summed E-state index contributed by atoms with van der Waals surface area (Å²) in [6.45, 7) is 4.02. The molecule has 4 aromatic rings. The summed E-state index contributed by atoms with van der Waals surface area (Å²) in [7, 11) is 4.06. The Kier molecular flexibility index (Phi) is 4.24. The molecule has 0 unspecified atom stereocenters. The van der Waals surface area contributed by atoms with Gasteiger partial charge in [-0.3, -0.25) is 0 Å². The van der Waals surface area contributed by atoms with E-state index in [1.54, 1.807) is 4.52 Å². The summed E-state index contributed by atoms with van der Waals surface area (Å²) in [4.78, 5) is 11.2. The van der Waals surface area contributed by atoms with Crippen molar-refractivity contribution in [3.05, 3.63) is 65.9 Å². The molecule has 2 heterocycles. The van der Waals surface area contributed by atoms with Crippen LogP contribution >= 0.6 is 0 Å². The first kappa shape index (κ1) is 17.0. The predicted octanol–water partition coefficient (Wildman–Crippen LogP) is 4.22. The van der Waals surface area contributed by atoms with E-state index in [9.17, 15) is 0 Å². The van der Waals surface area contributed by atoms with Gasteiger partial charge in [-0.25, -0.2) is 4.98 Å². The van der Waals surface area contributed by atoms with Gasteiger partial charge in [-0.05, 0) is 44.2 Å². The highest BCUT2D eigenvalue weighted by atomic mass is 15.4. The van der Waals surface area contributed by atoms with Gasteiger partial charge >= 0.3 is 0 Å². The van der Waals surface area contributed by atoms with Crippen molar-refractivity contribution in [1.82, 2.24) is 19.6 Å². The van der Waals surface area contributed by atoms with Crippen molar-refractivity contribution in [2.24, 2.45) is 0 Å². The lowest BCUT2D eigenvalue weighted by Gasteiger charge is -2.13. The number of rotatable bonds is 4. The molecule has 0 aliphatic carbocycles. The molecule has 1 N–H and O–H groups in total. The molecule has 0 atom stereocenters. The molecule has 4 rings (SSSR count). The fraction of sp³-hybridized carbons (Fsp3) is 0.190. The van der Waals surface area contributed by atoms with Crippen LogP contribution in [0.3, 0.4) is 0 Å². The van der Waals surface area contributed by atoms with Gasteiger partial charge in [0.1, 0.15) is 5.82 Å². The Bertz CT molecular complexity index is 1100. The minimum atomic E-state index is 0.582. The molecule has 0 saturated carbocycles. The average Bonchev–Trinajstić information content (AvgIpc) is 3.06. The van der Waals surface area contributed by atoms with Crippen LogP contribution < -0.4 is 10.2 Å². The van der Waals surface area contributed by atoms with Crippen LogP contribution in [0.25, 0.3) is 17.2 Å². The van der Waals surface area contributed by atoms with Gasteiger partial charge in [0.25, 0.3) is 5.78 Å². The van der Waals surface area contributed by atoms with Crippen LogP contribution in [0.15, 0.2) is 54.6 Å². The smallest absolute Gasteiger partial charge is 0.254 e. The van der Waals surface area contributed by atoms with Crippen LogP contribution in [0.4, 0.5) is 17.2 Å². The van der Waals surface area contributed by atoms with E-state index in [0.29, 0.717) is 11.6 Å². The first-order valence-electron chi connectivity index (χ1n) is 8.85. The highest BCUT2D eigenvalue weighted by molar-refractivity contribution is 5.64. The Labute approximate surface area is 158 Å². The second-order valence-corrected chi connectivity index (χ2v) is 6.87. The Hall–Kier alpha value is -3.41. The molecule has 27 heavy (non-hydrogen) atoms. The number of aromatic nitrogens is 4. The van der Waals surface area contributed by atoms with Crippen molar-refractivity contribution < 1.29 is 0 Å². The van der Waals surface area contributed by atoms with E-state index in [0.717, 1.165) is 28.5 Å². The van der Waals surface area contributed by atoms with Crippen molar-refractivity contribution in [3.8, 4) is 11.4 Å². The van der Waals surface area contributed by atoms with E-state index in [2.05, 4.69) is 68.6 Å². The highest BCUT2D eigenvalue weighted by Gasteiger charge is 2.12. The van der Waals surface area contributed by atoms with Crippen molar-refractivity contribution in [1.29, 1.82) is 0 Å². The Morgan fingerprint density at radius 1 is 0.926 bits per heavy atom. The molecule has 6 heteroatoms. The number of benzene rings is 2. The van der Waals surface area contributed by atoms with E-state index in [4.69, 9.17) is 0 Å². The van der Waals surface area contributed by atoms with E-state index < -0.39 is 0 Å². The number of hydrogen-bond acceptors (Lipinski definition) is 5. The fourth-order valence-electron chi connectivity index (χ4n) is 2.97. The zero-order valence-electron chi connectivity index (χ0n) is 15.9. The summed E-state index contributed by atoms with van der Waals surface area (Å²) in [6.07, 6.45) is 0. The maximum Gasteiger partial charge on any atom is 0.254 e. The molecule has 0 saturated heterocycles. The normalized spacial score (nSPS) is 11.0. The van der Waals surface area contributed by atoms with Gasteiger partial charge in [-0.1, -0.05) is 23.8 Å². The summed E-state index contributed by atoms with van der Waals surface area (Å²) >= 11 is 0. The Morgan fingerprint density at radius 3 is 2.41 bits per heavy atom. The van der Waals surface area contributed by atoms with Gasteiger partial charge in [0.2, 0.25) is 0 Å². The largest absolute Gasteiger partial charge is 0.378 e. The topological polar surface area (TPSA) is 58.4 Å². The van der Waals surface area contributed by atoms with Crippen molar-refractivity contribution in [2.75, 3.05) is 24.3 Å². The lowest BCUT2D eigenvalue weighted by atomic mass is 10.1. The van der Waals surface area contributed by atoms with Crippen LogP contribution in [0.1, 0.15) is 11.3 Å². The van der Waals surface area contributed by atoms with Crippen LogP contribution in [0.5, 0.6) is 0 Å². The molecule has 0 amide bonds. The number of anilines is 3. The maximum absolute atomic E-state index is 4.68. The second-order valence-electron chi connectivity index (χ2n) is 6.87. The zero-order valence-corrected chi connectivity index (χ0v) is 15.9. The molecule has 0 fully saturated rings. The van der Waals surface area contributed by atoms with E-state index in [-0.39, 0.29) is 0 Å². The number of nitrogens with one attached hydrogen (secondary N) is 1. The second kappa shape index (κ2) is 6.72. The molecule has 0 aliphatic rings. The fourth-order valence-corrected chi connectivity index (χ4v) is 2.97. The summed E-state index contributed by atoms with van der Waals surface area (Å²) in [5.74, 6) is 2.09. The van der Waals surface area contributed by atoms with Crippen LogP contribution in [0, 0.1) is 13.8 Å². The molecular formula is C21H22N6. The average molecular weight is 358 g/mol. The zero-order chi connectivity index (χ0) is 19.0. The molecule has 2 aromatic carbocycles. The SMILES string of the molecule is Cc1cccc(-c2nc3nc(C)cc(Nc4ccc(N(C)C)cc4)n3n2)c1. The number of nitrogens with zero attached hydrogens (tertiary/aromatic N) is 5. The third-order valence-corrected chi connectivity index (χ3v) is 4.37. The van der Waals surface area contributed by atoms with Crippen LogP contribution in [0.2, 0.25) is 0 Å². The molecule has 0 spiro atoms. The molecule has 0 bridgehead atoms. The van der Waals surface area contributed by atoms with E-state index in [1.807, 2.05) is 39.2 Å². The van der Waals surface area contributed by atoms with Gasteiger partial charge in [0.05, 0.1) is 0 Å². The lowest BCUT2D eigenvalue weighted by molar-refractivity contribution is 0.940. The monoisotopic (exact) mass is 358 g/mol. The predicted molar refractivity (Wildman–Crippen MR) is 110 cm³/mol. The summed E-state index contributed by atoms with van der Waals surface area (Å²) < 4.78 is 1.75. The number of hydrogen-bond donors (Lipinski definition) is 1. The third-order valence-electron chi connectivity index (χ3n) is 4.37. The van der Waals surface area contributed by atoms with Crippen LogP contribution in [-0.2, 0) is 0 Å². The standard InChI is InChI=1S/C21H22N6/c1-14-6-5-7-16(12-14)20-24-21-22-15(2)13-19(27(21)25-20)23-17-8-10-18(11-9-17)26(3)4/h5-13,23H,1-4H3. The number of aryl methyl sites for hydroxylation is 2. The molecule has 0 aliphatic heterocycles. The summed E-state index contributed by atoms with van der Waals surface area (Å²) in [6, 6.07) is 18.4. The molecule has 6 nitrogen and oxygen atoms in total. The lowest BCUT2D eigenvalue weighted by Crippen LogP contribution is -2.08. The molecule has 0 radical (unpaired) electrons. The van der Waals surface area contributed by atoms with Crippen LogP contribution in [-0.4, -0.2) is 33.7 Å². The maximum atomic E-state index is 4.68. The molecule has 136 valence electrons. The van der Waals surface area contributed by atoms with E-state index >= 15 is 0 Å². The molecule has 2 aromatic heterocycles. The van der Waals surface area contributed by atoms with Crippen molar-refractivity contribution in [3.63, 3.8) is 0 Å². The summed E-state index contributed by atoms with van der Waals surface area (Å²) in [5, 5.41) is 8.11. The van der Waals surface area contributed by atoms with Crippen molar-refractivity contribution in [2.45, 2.75) is 13.8 Å². The Balaban J connectivity index is 1.74. The minimum Gasteiger partial charge on any atom is -0.378 e. The first-order valence-corrected chi connectivity index (χ1v) is 8.85. The highest BCUT2D eigenvalue weighted by Crippen LogP contribution is 2.23. The first-order chi connectivity index (χ1) is 13.0. The van der Waals surface area contributed by atoms with E-state index in [1.165, 1.54) is 5.56 Å². The molecular weight excluding hydrogens is 336 g/mol. The summed E-state index contributed by atoms with van der Waals surface area (Å²) in [5.41, 5.74) is 5.19. The van der Waals surface area contributed by atoms with Gasteiger partial charge in [0, 0.05) is 42.8 Å². The van der Waals surface area contributed by atoms with Gasteiger partial charge in [-0.15, -0.1) is 5.10 Å². The quantitative estimate of drug-likeness (QED) is 0.592. The van der Waals surface area contributed by atoms with Gasteiger partial charge in [-0.2, -0.15) is 9.50 Å². The van der Waals surface area contributed by atoms with Gasteiger partial charge < -0.3 is 10.2 Å². The Morgan fingerprint density at radius 2 is 1.70 bits per heavy atom.